The summed E-state index contributed by atoms with van der Waals surface area (Å²) in [5, 5.41) is 0. The molecule has 1 aromatic rings. The largest absolute Gasteiger partial charge is 0.286 e. The number of benzene rings is 1. The molecule has 1 aromatic carbocycles. The average Bonchev–Trinajstić information content (AvgIpc) is 2.05. The molecule has 0 amide bonds. The van der Waals surface area contributed by atoms with E-state index in [-0.39, 0.29) is 29.6 Å². The van der Waals surface area contributed by atoms with Crippen LogP contribution in [0.4, 0.5) is 5.69 Å². The summed E-state index contributed by atoms with van der Waals surface area (Å²) in [5.41, 5.74) is 0.601. The van der Waals surface area contributed by atoms with Gasteiger partial charge < -0.3 is 0 Å². The molecule has 3 nitrogen and oxygen atoms in total. The van der Waals surface area contributed by atoms with Crippen molar-refractivity contribution in [3.8, 4) is 0 Å². The standard InChI is InChI=1S/C7H9NO2S2.Na/c1-11-7-4-2-6(3-5-7)8-12(9)10;/h2-5,12H,1H3,(H,8,9,10);. The number of nitrogens with one attached hydrogen (secondary N) is 1. The van der Waals surface area contributed by atoms with E-state index < -0.39 is 10.9 Å². The minimum atomic E-state index is -2.55. The Morgan fingerprint density at radius 2 is 1.77 bits per heavy atom. The average molecular weight is 226 g/mol. The van der Waals surface area contributed by atoms with Crippen molar-refractivity contribution in [2.75, 3.05) is 11.0 Å². The first-order valence-corrected chi connectivity index (χ1v) is 5.67. The topological polar surface area (TPSA) is 46.2 Å². The Bertz CT molecular complexity index is 316. The fourth-order valence-electron chi connectivity index (χ4n) is 0.771. The van der Waals surface area contributed by atoms with Crippen LogP contribution in [0.3, 0.4) is 0 Å². The molecule has 67 valence electrons. The molecular formula is C7H9NNaO2S2. The van der Waals surface area contributed by atoms with Gasteiger partial charge in [-0.05, 0) is 30.5 Å². The summed E-state index contributed by atoms with van der Waals surface area (Å²) in [6.45, 7) is 0. The van der Waals surface area contributed by atoms with Gasteiger partial charge in [0.05, 0.1) is 0 Å². The van der Waals surface area contributed by atoms with Crippen molar-refractivity contribution in [1.82, 2.24) is 0 Å². The second kappa shape index (κ2) is 6.73. The van der Waals surface area contributed by atoms with Gasteiger partial charge in [0.2, 0.25) is 10.9 Å². The van der Waals surface area contributed by atoms with Crippen LogP contribution >= 0.6 is 11.8 Å². The molecule has 0 aliphatic heterocycles. The van der Waals surface area contributed by atoms with Gasteiger partial charge in [-0.1, -0.05) is 0 Å². The molecule has 0 aromatic heterocycles. The maximum Gasteiger partial charge on any atom is 0.222 e. The molecule has 0 spiro atoms. The van der Waals surface area contributed by atoms with Gasteiger partial charge >= 0.3 is 0 Å². The molecular weight excluding hydrogens is 217 g/mol. The maximum atomic E-state index is 10.2. The summed E-state index contributed by atoms with van der Waals surface area (Å²) < 4.78 is 22.8. The number of anilines is 1. The molecule has 1 N–H and O–H groups in total. The second-order valence-electron chi connectivity index (χ2n) is 2.10. The molecule has 6 heteroatoms. The number of thiol groups is 1. The Morgan fingerprint density at radius 1 is 1.23 bits per heavy atom. The van der Waals surface area contributed by atoms with E-state index in [1.165, 1.54) is 0 Å². The van der Waals surface area contributed by atoms with E-state index >= 15 is 0 Å². The van der Waals surface area contributed by atoms with Crippen molar-refractivity contribution in [1.29, 1.82) is 0 Å². The van der Waals surface area contributed by atoms with Crippen LogP contribution in [0.1, 0.15) is 0 Å². The van der Waals surface area contributed by atoms with Gasteiger partial charge in [-0.15, -0.1) is 11.8 Å². The van der Waals surface area contributed by atoms with Gasteiger partial charge in [0.1, 0.15) is 0 Å². The van der Waals surface area contributed by atoms with Crippen molar-refractivity contribution >= 4 is 57.9 Å². The number of hydrogen-bond acceptors (Lipinski definition) is 3. The molecule has 13 heavy (non-hydrogen) atoms. The Labute approximate surface area is 106 Å². The molecule has 0 saturated heterocycles. The Kier molecular flexibility index (Phi) is 6.89. The zero-order chi connectivity index (χ0) is 8.97. The summed E-state index contributed by atoms with van der Waals surface area (Å²) in [4.78, 5) is 1.11. The van der Waals surface area contributed by atoms with E-state index in [2.05, 4.69) is 4.72 Å². The molecule has 0 atom stereocenters. The fourth-order valence-corrected chi connectivity index (χ4v) is 1.54. The second-order valence-corrected chi connectivity index (χ2v) is 3.71. The van der Waals surface area contributed by atoms with Crippen molar-refractivity contribution < 1.29 is 8.42 Å². The molecule has 0 bridgehead atoms. The summed E-state index contributed by atoms with van der Waals surface area (Å²) in [6, 6.07) is 7.20. The monoisotopic (exact) mass is 226 g/mol. The van der Waals surface area contributed by atoms with Crippen LogP contribution in [0, 0.1) is 0 Å². The molecule has 1 rings (SSSR count). The molecule has 0 aliphatic carbocycles. The van der Waals surface area contributed by atoms with Gasteiger partial charge in [-0.2, -0.15) is 0 Å². The first kappa shape index (κ1) is 13.3. The van der Waals surface area contributed by atoms with Gasteiger partial charge in [0.15, 0.2) is 0 Å². The fraction of sp³-hybridized carbons (Fsp3) is 0.143. The molecule has 0 unspecified atom stereocenters. The van der Waals surface area contributed by atoms with Crippen molar-refractivity contribution in [3.05, 3.63) is 24.3 Å². The van der Waals surface area contributed by atoms with Crippen molar-refractivity contribution in [2.45, 2.75) is 4.90 Å². The molecule has 0 saturated carbocycles. The van der Waals surface area contributed by atoms with E-state index in [9.17, 15) is 8.42 Å². The van der Waals surface area contributed by atoms with Gasteiger partial charge in [-0.3, -0.25) is 4.72 Å². The SMILES string of the molecule is CSc1ccc(N[SH](=O)=O)cc1.[Na]. The number of rotatable bonds is 3. The minimum absolute atomic E-state index is 0. The Balaban J connectivity index is 0.00000144. The van der Waals surface area contributed by atoms with Crippen molar-refractivity contribution in [2.24, 2.45) is 0 Å². The third-order valence-electron chi connectivity index (χ3n) is 1.31. The maximum absolute atomic E-state index is 10.2. The molecule has 0 aliphatic rings. The quantitative estimate of drug-likeness (QED) is 0.458. The van der Waals surface area contributed by atoms with Gasteiger partial charge in [0.25, 0.3) is 0 Å². The summed E-state index contributed by atoms with van der Waals surface area (Å²) in [5.74, 6) is 0. The molecule has 0 fully saturated rings. The summed E-state index contributed by atoms with van der Waals surface area (Å²) in [6.07, 6.45) is 1.97. The van der Waals surface area contributed by atoms with E-state index in [0.29, 0.717) is 5.69 Å². The molecule has 0 heterocycles. The van der Waals surface area contributed by atoms with Gasteiger partial charge in [0, 0.05) is 40.1 Å². The van der Waals surface area contributed by atoms with Crippen LogP contribution in [0.5, 0.6) is 0 Å². The Hall–Kier alpha value is 0.320. The number of hydrogen-bond donors (Lipinski definition) is 2. The van der Waals surface area contributed by atoms with Crippen LogP contribution in [0.2, 0.25) is 0 Å². The molecule has 1 radical (unpaired) electrons. The van der Waals surface area contributed by atoms with Gasteiger partial charge in [-0.25, -0.2) is 8.42 Å². The normalized spacial score (nSPS) is 9.38. The van der Waals surface area contributed by atoms with E-state index in [0.717, 1.165) is 4.90 Å². The summed E-state index contributed by atoms with van der Waals surface area (Å²) >= 11 is 1.62. The van der Waals surface area contributed by atoms with E-state index in [1.54, 1.807) is 23.9 Å². The first-order valence-electron chi connectivity index (χ1n) is 3.27. The van der Waals surface area contributed by atoms with E-state index in [1.807, 2.05) is 18.4 Å². The third kappa shape index (κ3) is 4.93. The van der Waals surface area contributed by atoms with Crippen LogP contribution in [-0.2, 0) is 10.9 Å². The van der Waals surface area contributed by atoms with E-state index in [4.69, 9.17) is 0 Å². The van der Waals surface area contributed by atoms with Crippen LogP contribution in [0.25, 0.3) is 0 Å². The zero-order valence-electron chi connectivity index (χ0n) is 7.48. The smallest absolute Gasteiger partial charge is 0.222 e. The predicted molar refractivity (Wildman–Crippen MR) is 57.9 cm³/mol. The minimum Gasteiger partial charge on any atom is -0.286 e. The Morgan fingerprint density at radius 3 is 2.15 bits per heavy atom. The zero-order valence-corrected chi connectivity index (χ0v) is 11.2. The van der Waals surface area contributed by atoms with Crippen LogP contribution in [0.15, 0.2) is 29.2 Å². The van der Waals surface area contributed by atoms with Crippen molar-refractivity contribution in [3.63, 3.8) is 0 Å². The predicted octanol–water partition coefficient (Wildman–Crippen LogP) is 0.966. The first-order chi connectivity index (χ1) is 5.72. The van der Waals surface area contributed by atoms with Crippen LogP contribution < -0.4 is 4.72 Å². The van der Waals surface area contributed by atoms with Crippen LogP contribution in [-0.4, -0.2) is 44.2 Å². The number of thioether (sulfide) groups is 1. The third-order valence-corrected chi connectivity index (χ3v) is 2.49. The summed E-state index contributed by atoms with van der Waals surface area (Å²) in [7, 11) is -2.55.